The Kier molecular flexibility index (Phi) is 7.68. The standard InChI is InChI=1S/C27H31FN4O4S/c28-23-8-4-7-22(17-23)26(33)31(12-11-30-13-15-36-16-14-30)19-25-18-29-27(32(25)24-9-10-24)37(34,35)20-21-5-2-1-3-6-21/h1-8,17-18,24H,9-16,19-20H2. The Morgan fingerprint density at radius 1 is 1.08 bits per heavy atom. The largest absolute Gasteiger partial charge is 0.379 e. The van der Waals surface area contributed by atoms with Crippen LogP contribution in [0.3, 0.4) is 0 Å². The van der Waals surface area contributed by atoms with Crippen LogP contribution in [0.15, 0.2) is 66.0 Å². The van der Waals surface area contributed by atoms with Crippen molar-refractivity contribution in [2.45, 2.75) is 36.3 Å². The third-order valence-corrected chi connectivity index (χ3v) is 8.30. The molecule has 2 heterocycles. The molecule has 0 radical (unpaired) electrons. The molecular formula is C27H31FN4O4S. The van der Waals surface area contributed by atoms with Crippen LogP contribution in [-0.4, -0.2) is 73.1 Å². The summed E-state index contributed by atoms with van der Waals surface area (Å²) in [7, 11) is -3.69. The van der Waals surface area contributed by atoms with Crippen LogP contribution in [0.4, 0.5) is 4.39 Å². The van der Waals surface area contributed by atoms with Crippen LogP contribution in [0.1, 0.15) is 40.5 Å². The van der Waals surface area contributed by atoms with Crippen LogP contribution in [0, 0.1) is 5.82 Å². The summed E-state index contributed by atoms with van der Waals surface area (Å²) in [5, 5.41) is 0.0418. The van der Waals surface area contributed by atoms with E-state index in [1.165, 1.54) is 18.2 Å². The second-order valence-electron chi connectivity index (χ2n) is 9.57. The summed E-state index contributed by atoms with van der Waals surface area (Å²) in [6.45, 7) is 4.10. The number of ether oxygens (including phenoxy) is 1. The van der Waals surface area contributed by atoms with Gasteiger partial charge in [-0.3, -0.25) is 9.69 Å². The van der Waals surface area contributed by atoms with E-state index >= 15 is 0 Å². The Labute approximate surface area is 216 Å². The number of aromatic nitrogens is 2. The molecule has 2 aromatic carbocycles. The molecule has 2 fully saturated rings. The number of morpholine rings is 1. The zero-order chi connectivity index (χ0) is 25.8. The van der Waals surface area contributed by atoms with E-state index in [0.717, 1.165) is 25.9 Å². The number of carbonyl (C=O) groups excluding carboxylic acids is 1. The molecule has 0 spiro atoms. The topological polar surface area (TPSA) is 84.7 Å². The first-order chi connectivity index (χ1) is 17.9. The van der Waals surface area contributed by atoms with Crippen molar-refractivity contribution >= 4 is 15.7 Å². The third kappa shape index (κ3) is 6.26. The summed E-state index contributed by atoms with van der Waals surface area (Å²) in [5.74, 6) is -0.915. The number of imidazole rings is 1. The van der Waals surface area contributed by atoms with E-state index < -0.39 is 15.7 Å². The number of hydrogen-bond donors (Lipinski definition) is 0. The molecule has 8 nitrogen and oxygen atoms in total. The van der Waals surface area contributed by atoms with Crippen LogP contribution >= 0.6 is 0 Å². The molecule has 196 valence electrons. The number of carbonyl (C=O) groups is 1. The second kappa shape index (κ2) is 11.1. The molecule has 0 N–H and O–H groups in total. The molecule has 1 aromatic heterocycles. The highest BCUT2D eigenvalue weighted by molar-refractivity contribution is 7.90. The zero-order valence-corrected chi connectivity index (χ0v) is 21.4. The first-order valence-electron chi connectivity index (χ1n) is 12.6. The minimum absolute atomic E-state index is 0.0418. The van der Waals surface area contributed by atoms with Gasteiger partial charge in [-0.05, 0) is 36.6 Å². The van der Waals surface area contributed by atoms with Gasteiger partial charge in [-0.1, -0.05) is 36.4 Å². The first-order valence-corrected chi connectivity index (χ1v) is 14.2. The van der Waals surface area contributed by atoms with E-state index in [0.29, 0.717) is 37.6 Å². The molecule has 1 aliphatic heterocycles. The van der Waals surface area contributed by atoms with E-state index in [1.54, 1.807) is 33.9 Å². The summed E-state index contributed by atoms with van der Waals surface area (Å²) in [5.41, 5.74) is 1.63. The fraction of sp³-hybridized carbons (Fsp3) is 0.407. The normalized spacial score (nSPS) is 16.6. The lowest BCUT2D eigenvalue weighted by molar-refractivity contribution is 0.0319. The summed E-state index contributed by atoms with van der Waals surface area (Å²) in [4.78, 5) is 21.7. The lowest BCUT2D eigenvalue weighted by atomic mass is 10.2. The maximum absolute atomic E-state index is 13.9. The van der Waals surface area contributed by atoms with E-state index in [1.807, 2.05) is 18.2 Å². The number of sulfone groups is 1. The van der Waals surface area contributed by atoms with Crippen LogP contribution < -0.4 is 0 Å². The van der Waals surface area contributed by atoms with Gasteiger partial charge < -0.3 is 14.2 Å². The molecule has 1 saturated heterocycles. The van der Waals surface area contributed by atoms with Crippen molar-refractivity contribution in [3.63, 3.8) is 0 Å². The molecule has 0 unspecified atom stereocenters. The maximum Gasteiger partial charge on any atom is 0.254 e. The van der Waals surface area contributed by atoms with E-state index in [2.05, 4.69) is 9.88 Å². The van der Waals surface area contributed by atoms with E-state index in [4.69, 9.17) is 4.74 Å². The number of rotatable bonds is 10. The van der Waals surface area contributed by atoms with Crippen LogP contribution in [0.2, 0.25) is 0 Å². The van der Waals surface area contributed by atoms with Crippen molar-refractivity contribution in [1.29, 1.82) is 0 Å². The molecule has 1 amide bonds. The Morgan fingerprint density at radius 2 is 1.84 bits per heavy atom. The Bertz CT molecular complexity index is 1340. The molecule has 0 bridgehead atoms. The molecule has 10 heteroatoms. The van der Waals surface area contributed by atoms with Gasteiger partial charge in [-0.25, -0.2) is 17.8 Å². The van der Waals surface area contributed by atoms with Crippen molar-refractivity contribution in [1.82, 2.24) is 19.4 Å². The van der Waals surface area contributed by atoms with Crippen LogP contribution in [-0.2, 0) is 26.9 Å². The Balaban J connectivity index is 1.42. The highest BCUT2D eigenvalue weighted by Crippen LogP contribution is 2.39. The first kappa shape index (κ1) is 25.6. The average Bonchev–Trinajstić information content (AvgIpc) is 3.65. The fourth-order valence-corrected chi connectivity index (χ4v) is 6.18. The Hall–Kier alpha value is -3.08. The average molecular weight is 527 g/mol. The second-order valence-corrected chi connectivity index (χ2v) is 11.5. The van der Waals surface area contributed by atoms with Gasteiger partial charge in [-0.2, -0.15) is 0 Å². The highest BCUT2D eigenvalue weighted by atomic mass is 32.2. The van der Waals surface area contributed by atoms with Crippen molar-refractivity contribution in [3.8, 4) is 0 Å². The predicted molar refractivity (Wildman–Crippen MR) is 136 cm³/mol. The fourth-order valence-electron chi connectivity index (χ4n) is 4.64. The number of halogens is 1. The molecular weight excluding hydrogens is 495 g/mol. The third-order valence-electron chi connectivity index (χ3n) is 6.73. The Morgan fingerprint density at radius 3 is 2.54 bits per heavy atom. The monoisotopic (exact) mass is 526 g/mol. The van der Waals surface area contributed by atoms with Gasteiger partial charge in [0.1, 0.15) is 5.82 Å². The highest BCUT2D eigenvalue weighted by Gasteiger charge is 2.34. The summed E-state index contributed by atoms with van der Waals surface area (Å²) in [6.07, 6.45) is 3.29. The quantitative estimate of drug-likeness (QED) is 0.403. The molecule has 37 heavy (non-hydrogen) atoms. The molecule has 2 aliphatic rings. The van der Waals surface area contributed by atoms with Crippen molar-refractivity contribution in [2.24, 2.45) is 0 Å². The van der Waals surface area contributed by atoms with E-state index in [-0.39, 0.29) is 35.0 Å². The van der Waals surface area contributed by atoms with Crippen molar-refractivity contribution in [3.05, 3.63) is 83.4 Å². The van der Waals surface area contributed by atoms with Crippen LogP contribution in [0.25, 0.3) is 0 Å². The molecule has 5 rings (SSSR count). The molecule has 1 aliphatic carbocycles. The lowest BCUT2D eigenvalue weighted by Gasteiger charge is -2.30. The molecule has 0 atom stereocenters. The van der Waals surface area contributed by atoms with Gasteiger partial charge in [0.25, 0.3) is 5.91 Å². The van der Waals surface area contributed by atoms with Gasteiger partial charge in [0.2, 0.25) is 15.0 Å². The smallest absolute Gasteiger partial charge is 0.254 e. The minimum atomic E-state index is -3.69. The number of benzene rings is 2. The molecule has 1 saturated carbocycles. The van der Waals surface area contributed by atoms with E-state index in [9.17, 15) is 17.6 Å². The zero-order valence-electron chi connectivity index (χ0n) is 20.6. The number of nitrogens with zero attached hydrogens (tertiary/aromatic N) is 4. The van der Waals surface area contributed by atoms with Gasteiger partial charge in [0.15, 0.2) is 0 Å². The number of hydrogen-bond acceptors (Lipinski definition) is 6. The van der Waals surface area contributed by atoms with Crippen LogP contribution in [0.5, 0.6) is 0 Å². The summed E-state index contributed by atoms with van der Waals surface area (Å²) in [6, 6.07) is 14.7. The lowest BCUT2D eigenvalue weighted by Crippen LogP contribution is -2.43. The number of amides is 1. The van der Waals surface area contributed by atoms with Gasteiger partial charge >= 0.3 is 0 Å². The minimum Gasteiger partial charge on any atom is -0.379 e. The summed E-state index contributed by atoms with van der Waals surface area (Å²) < 4.78 is 47.8. The van der Waals surface area contributed by atoms with Crippen molar-refractivity contribution in [2.75, 3.05) is 39.4 Å². The van der Waals surface area contributed by atoms with Crippen molar-refractivity contribution < 1.29 is 22.3 Å². The molecule has 3 aromatic rings. The van der Waals surface area contributed by atoms with Gasteiger partial charge in [0, 0.05) is 37.8 Å². The SMILES string of the molecule is O=C(c1cccc(F)c1)N(CCN1CCOCC1)Cc1cnc(S(=O)(=O)Cc2ccccc2)n1C1CC1. The summed E-state index contributed by atoms with van der Waals surface area (Å²) >= 11 is 0. The van der Waals surface area contributed by atoms with Gasteiger partial charge in [0.05, 0.1) is 37.4 Å². The predicted octanol–water partition coefficient (Wildman–Crippen LogP) is 3.31. The maximum atomic E-state index is 13.9. The van der Waals surface area contributed by atoms with Gasteiger partial charge in [-0.15, -0.1) is 0 Å².